The van der Waals surface area contributed by atoms with Gasteiger partial charge in [0.25, 0.3) is 5.69 Å². The number of carbonyl (C=O) groups is 1. The average Bonchev–Trinajstić information content (AvgIpc) is 2.79. The first-order chi connectivity index (χ1) is 15.9. The van der Waals surface area contributed by atoms with Crippen molar-refractivity contribution in [3.8, 4) is 5.75 Å². The first-order valence-electron chi connectivity index (χ1n) is 9.65. The van der Waals surface area contributed by atoms with Gasteiger partial charge in [-0.15, -0.1) is 0 Å². The molecular weight excluding hydrogens is 434 g/mol. The van der Waals surface area contributed by atoms with Gasteiger partial charge in [-0.05, 0) is 24.6 Å². The number of non-ortho nitro benzene ring substituents is 1. The third-order valence-electron chi connectivity index (χ3n) is 4.28. The zero-order valence-corrected chi connectivity index (χ0v) is 17.3. The molecule has 33 heavy (non-hydrogen) atoms. The summed E-state index contributed by atoms with van der Waals surface area (Å²) in [4.78, 5) is 41.2. The minimum absolute atomic E-state index is 0.0974. The van der Waals surface area contributed by atoms with E-state index in [1.165, 1.54) is 24.3 Å². The largest absolute Gasteiger partial charge is 0.492 e. The number of anilines is 3. The molecule has 0 aliphatic rings. The summed E-state index contributed by atoms with van der Waals surface area (Å²) in [5, 5.41) is 25.3. The Balaban J connectivity index is 1.74. The normalized spacial score (nSPS) is 10.2. The molecule has 170 valence electrons. The van der Waals surface area contributed by atoms with Crippen molar-refractivity contribution in [2.45, 2.75) is 13.3 Å². The van der Waals surface area contributed by atoms with E-state index in [9.17, 15) is 25.0 Å². The predicted octanol–water partition coefficient (Wildman–Crippen LogP) is 3.12. The molecular formula is C20H19N7O6. The second-order valence-electron chi connectivity index (χ2n) is 6.50. The maximum Gasteiger partial charge on any atom is 0.355 e. The Morgan fingerprint density at radius 2 is 1.70 bits per heavy atom. The lowest BCUT2D eigenvalue weighted by Gasteiger charge is -2.13. The van der Waals surface area contributed by atoms with Gasteiger partial charge in [0.1, 0.15) is 12.1 Å². The van der Waals surface area contributed by atoms with Crippen LogP contribution in [0, 0.1) is 20.2 Å². The number of rotatable bonds is 10. The van der Waals surface area contributed by atoms with Crippen molar-refractivity contribution in [1.29, 1.82) is 0 Å². The van der Waals surface area contributed by atoms with E-state index in [0.717, 1.165) is 6.33 Å². The molecule has 0 unspecified atom stereocenters. The number of carbonyl (C=O) groups excluding carboxylic acids is 1. The first kappa shape index (κ1) is 22.9. The number of ether oxygens (including phenoxy) is 1. The van der Waals surface area contributed by atoms with Crippen LogP contribution in [0.25, 0.3) is 0 Å². The van der Waals surface area contributed by atoms with E-state index in [2.05, 4.69) is 26.1 Å². The summed E-state index contributed by atoms with van der Waals surface area (Å²) in [6.45, 7) is 2.21. The van der Waals surface area contributed by atoms with Crippen molar-refractivity contribution in [3.05, 3.63) is 80.7 Å². The van der Waals surface area contributed by atoms with Crippen molar-refractivity contribution >= 4 is 34.6 Å². The van der Waals surface area contributed by atoms with Gasteiger partial charge in [-0.2, -0.15) is 0 Å². The zero-order valence-electron chi connectivity index (χ0n) is 17.3. The minimum atomic E-state index is -0.684. The quantitative estimate of drug-likeness (QED) is 0.305. The number of nitro benzene ring substituents is 1. The van der Waals surface area contributed by atoms with Crippen molar-refractivity contribution in [2.75, 3.05) is 17.3 Å². The summed E-state index contributed by atoms with van der Waals surface area (Å²) in [6, 6.07) is 12.3. The fourth-order valence-electron chi connectivity index (χ4n) is 2.81. The van der Waals surface area contributed by atoms with Crippen molar-refractivity contribution in [3.63, 3.8) is 0 Å². The highest BCUT2D eigenvalue weighted by Crippen LogP contribution is 2.34. The van der Waals surface area contributed by atoms with Gasteiger partial charge >= 0.3 is 5.69 Å². The molecule has 0 aliphatic heterocycles. The van der Waals surface area contributed by atoms with Gasteiger partial charge in [-0.1, -0.05) is 24.3 Å². The second-order valence-corrected chi connectivity index (χ2v) is 6.50. The van der Waals surface area contributed by atoms with E-state index < -0.39 is 21.4 Å². The van der Waals surface area contributed by atoms with E-state index in [4.69, 9.17) is 4.74 Å². The van der Waals surface area contributed by atoms with Crippen LogP contribution in [0.4, 0.5) is 28.7 Å². The van der Waals surface area contributed by atoms with Crippen LogP contribution in [-0.2, 0) is 11.2 Å². The van der Waals surface area contributed by atoms with E-state index in [-0.39, 0.29) is 23.7 Å². The van der Waals surface area contributed by atoms with Crippen LogP contribution in [0.15, 0.2) is 54.9 Å². The molecule has 1 amide bonds. The maximum absolute atomic E-state index is 12.2. The Bertz CT molecular complexity index is 1170. The molecule has 1 heterocycles. The van der Waals surface area contributed by atoms with Gasteiger partial charge in [0.05, 0.1) is 28.6 Å². The number of aromatic nitrogens is 2. The number of nitrogens with zero attached hydrogens (tertiary/aromatic N) is 4. The van der Waals surface area contributed by atoms with Gasteiger partial charge in [0.15, 0.2) is 0 Å². The SMILES string of the molecule is CCOc1ccccc1Nc1ncnc(NNC(=O)Cc2ccc([N+](=O)[O-])cc2)c1[N+](=O)[O-]. The van der Waals surface area contributed by atoms with Crippen LogP contribution in [-0.4, -0.2) is 32.3 Å². The van der Waals surface area contributed by atoms with Crippen LogP contribution in [0.2, 0.25) is 0 Å². The number of amides is 1. The van der Waals surface area contributed by atoms with Crippen molar-refractivity contribution in [2.24, 2.45) is 0 Å². The van der Waals surface area contributed by atoms with Crippen molar-refractivity contribution < 1.29 is 19.4 Å². The second kappa shape index (κ2) is 10.5. The van der Waals surface area contributed by atoms with E-state index in [0.29, 0.717) is 23.6 Å². The van der Waals surface area contributed by atoms with Gasteiger partial charge in [0.2, 0.25) is 17.5 Å². The topological polar surface area (TPSA) is 174 Å². The average molecular weight is 453 g/mol. The number of nitrogens with one attached hydrogen (secondary N) is 3. The lowest BCUT2D eigenvalue weighted by molar-refractivity contribution is -0.384. The highest BCUT2D eigenvalue weighted by Gasteiger charge is 2.24. The van der Waals surface area contributed by atoms with Crippen LogP contribution in [0.5, 0.6) is 5.75 Å². The van der Waals surface area contributed by atoms with Gasteiger partial charge in [-0.3, -0.25) is 35.9 Å². The third-order valence-corrected chi connectivity index (χ3v) is 4.28. The minimum Gasteiger partial charge on any atom is -0.492 e. The molecule has 13 heteroatoms. The van der Waals surface area contributed by atoms with Crippen LogP contribution < -0.4 is 20.9 Å². The molecule has 0 spiro atoms. The smallest absolute Gasteiger partial charge is 0.355 e. The molecule has 0 radical (unpaired) electrons. The molecule has 3 rings (SSSR count). The van der Waals surface area contributed by atoms with Gasteiger partial charge in [0, 0.05) is 12.1 Å². The summed E-state index contributed by atoms with van der Waals surface area (Å²) in [5.41, 5.74) is 5.17. The molecule has 13 nitrogen and oxygen atoms in total. The van der Waals surface area contributed by atoms with E-state index in [1.807, 2.05) is 6.92 Å². The van der Waals surface area contributed by atoms with E-state index >= 15 is 0 Å². The summed E-state index contributed by atoms with van der Waals surface area (Å²) in [5.74, 6) is -0.385. The molecule has 3 aromatic rings. The summed E-state index contributed by atoms with van der Waals surface area (Å²) < 4.78 is 5.51. The van der Waals surface area contributed by atoms with E-state index in [1.54, 1.807) is 24.3 Å². The Labute approximate surface area is 187 Å². The highest BCUT2D eigenvalue weighted by molar-refractivity contribution is 5.81. The fraction of sp³-hybridized carbons (Fsp3) is 0.150. The number of para-hydroxylation sites is 2. The lowest BCUT2D eigenvalue weighted by Crippen LogP contribution is -2.31. The maximum atomic E-state index is 12.2. The Hall–Kier alpha value is -4.81. The molecule has 0 saturated heterocycles. The first-order valence-corrected chi connectivity index (χ1v) is 9.65. The molecule has 2 aromatic carbocycles. The number of hydrogen-bond acceptors (Lipinski definition) is 10. The molecule has 3 N–H and O–H groups in total. The molecule has 0 fully saturated rings. The molecule has 0 bridgehead atoms. The Kier molecular flexibility index (Phi) is 7.26. The zero-order chi connectivity index (χ0) is 23.8. The molecule has 0 aliphatic carbocycles. The Morgan fingerprint density at radius 1 is 1.00 bits per heavy atom. The number of hydrogen-bond donors (Lipinski definition) is 3. The van der Waals surface area contributed by atoms with Crippen molar-refractivity contribution in [1.82, 2.24) is 15.4 Å². The summed E-state index contributed by atoms with van der Waals surface area (Å²) in [6.07, 6.45) is 0.986. The number of benzene rings is 2. The highest BCUT2D eigenvalue weighted by atomic mass is 16.6. The van der Waals surface area contributed by atoms with Crippen LogP contribution in [0.3, 0.4) is 0 Å². The predicted molar refractivity (Wildman–Crippen MR) is 118 cm³/mol. The fourth-order valence-corrected chi connectivity index (χ4v) is 2.81. The Morgan fingerprint density at radius 3 is 2.36 bits per heavy atom. The molecule has 1 aromatic heterocycles. The van der Waals surface area contributed by atoms with Crippen LogP contribution >= 0.6 is 0 Å². The monoisotopic (exact) mass is 453 g/mol. The van der Waals surface area contributed by atoms with Gasteiger partial charge in [-0.25, -0.2) is 9.97 Å². The van der Waals surface area contributed by atoms with Crippen LogP contribution in [0.1, 0.15) is 12.5 Å². The van der Waals surface area contributed by atoms with Gasteiger partial charge < -0.3 is 10.1 Å². The molecule has 0 atom stereocenters. The lowest BCUT2D eigenvalue weighted by atomic mass is 10.1. The number of hydrazine groups is 1. The summed E-state index contributed by atoms with van der Waals surface area (Å²) in [7, 11) is 0. The standard InChI is InChI=1S/C20H19N7O6/c1-2-33-16-6-4-3-5-15(16)23-19-18(27(31)32)20(22-12-21-19)25-24-17(28)11-13-7-9-14(10-8-13)26(29)30/h3-10,12H,2,11H2,1H3,(H,24,28)(H2,21,22,23,25). The third kappa shape index (κ3) is 5.88. The summed E-state index contributed by atoms with van der Waals surface area (Å²) >= 11 is 0. The number of nitro groups is 2. The molecule has 0 saturated carbocycles.